The maximum atomic E-state index is 9.97. The molecule has 5 heteroatoms. The maximum absolute atomic E-state index is 9.97. The second-order valence-electron chi connectivity index (χ2n) is 4.09. The van der Waals surface area contributed by atoms with E-state index in [1.165, 1.54) is 0 Å². The first-order chi connectivity index (χ1) is 8.04. The molecule has 0 aliphatic rings. The normalized spacial score (nSPS) is 14.9. The van der Waals surface area contributed by atoms with Crippen molar-refractivity contribution in [2.24, 2.45) is 0 Å². The zero-order valence-electron chi connectivity index (χ0n) is 10.9. The average Bonchev–Trinajstić information content (AvgIpc) is 2.65. The van der Waals surface area contributed by atoms with Gasteiger partial charge in [-0.3, -0.25) is 4.68 Å². The number of hydrogen-bond donors (Lipinski definition) is 1. The summed E-state index contributed by atoms with van der Waals surface area (Å²) in [4.78, 5) is 0. The summed E-state index contributed by atoms with van der Waals surface area (Å²) < 4.78 is 6.96. The number of aryl methyl sites for hydroxylation is 2. The average molecular weight is 261 g/mol. The van der Waals surface area contributed by atoms with Crippen LogP contribution in [0.25, 0.3) is 0 Å². The highest BCUT2D eigenvalue weighted by molar-refractivity contribution is 6.31. The smallest absolute Gasteiger partial charge is 0.0854 e. The molecule has 0 aliphatic carbocycles. The van der Waals surface area contributed by atoms with Crippen LogP contribution >= 0.6 is 11.6 Å². The summed E-state index contributed by atoms with van der Waals surface area (Å²) in [5.74, 6) is 0. The van der Waals surface area contributed by atoms with E-state index in [0.717, 1.165) is 24.4 Å². The predicted molar refractivity (Wildman–Crippen MR) is 68.5 cm³/mol. The fourth-order valence-corrected chi connectivity index (χ4v) is 2.08. The summed E-state index contributed by atoms with van der Waals surface area (Å²) in [7, 11) is 1.59. The molecule has 0 spiro atoms. The summed E-state index contributed by atoms with van der Waals surface area (Å²) >= 11 is 6.27. The van der Waals surface area contributed by atoms with Crippen LogP contribution in [0.5, 0.6) is 0 Å². The van der Waals surface area contributed by atoms with Crippen molar-refractivity contribution in [2.75, 3.05) is 7.11 Å². The van der Waals surface area contributed by atoms with Gasteiger partial charge in [-0.05, 0) is 20.3 Å². The molecule has 0 amide bonds. The first-order valence-corrected chi connectivity index (χ1v) is 6.37. The second-order valence-corrected chi connectivity index (χ2v) is 4.47. The van der Waals surface area contributed by atoms with Crippen LogP contribution in [-0.2, 0) is 24.1 Å². The lowest BCUT2D eigenvalue weighted by molar-refractivity contribution is -0.000505. The lowest BCUT2D eigenvalue weighted by atomic mass is 10.1. The van der Waals surface area contributed by atoms with Gasteiger partial charge in [0.15, 0.2) is 0 Å². The molecule has 0 aliphatic heterocycles. The standard InChI is InChI=1S/C12H21ClN2O2/c1-5-9-12(13)10(15(6-2)14-9)7-11(16)8(3)17-4/h8,11,16H,5-7H2,1-4H3. The number of rotatable bonds is 6. The molecule has 1 aromatic rings. The molecule has 2 atom stereocenters. The minimum atomic E-state index is -0.566. The van der Waals surface area contributed by atoms with Gasteiger partial charge in [-0.25, -0.2) is 0 Å². The van der Waals surface area contributed by atoms with Crippen molar-refractivity contribution in [3.63, 3.8) is 0 Å². The van der Waals surface area contributed by atoms with Crippen LogP contribution in [0.4, 0.5) is 0 Å². The van der Waals surface area contributed by atoms with Crippen LogP contribution in [0.2, 0.25) is 5.02 Å². The van der Waals surface area contributed by atoms with E-state index < -0.39 is 6.10 Å². The third kappa shape index (κ3) is 3.21. The number of halogens is 1. The highest BCUT2D eigenvalue weighted by atomic mass is 35.5. The molecule has 2 unspecified atom stereocenters. The highest BCUT2D eigenvalue weighted by Gasteiger charge is 2.20. The van der Waals surface area contributed by atoms with Crippen LogP contribution in [-0.4, -0.2) is 34.2 Å². The molecule has 1 aromatic heterocycles. The Kier molecular flexibility index (Phi) is 5.43. The van der Waals surface area contributed by atoms with E-state index in [1.807, 2.05) is 25.5 Å². The fraction of sp³-hybridized carbons (Fsp3) is 0.750. The lowest BCUT2D eigenvalue weighted by Gasteiger charge is -2.17. The number of aliphatic hydroxyl groups excluding tert-OH is 1. The molecule has 0 saturated heterocycles. The Bertz CT molecular complexity index is 366. The molecular formula is C12H21ClN2O2. The minimum absolute atomic E-state index is 0.212. The summed E-state index contributed by atoms with van der Waals surface area (Å²) in [5.41, 5.74) is 1.78. The van der Waals surface area contributed by atoms with Crippen molar-refractivity contribution in [2.45, 2.75) is 52.4 Å². The second kappa shape index (κ2) is 6.38. The van der Waals surface area contributed by atoms with E-state index in [-0.39, 0.29) is 6.10 Å². The Morgan fingerprint density at radius 2 is 2.12 bits per heavy atom. The summed E-state index contributed by atoms with van der Waals surface area (Å²) in [6, 6.07) is 0. The van der Waals surface area contributed by atoms with Gasteiger partial charge in [0.05, 0.1) is 28.6 Å². The van der Waals surface area contributed by atoms with E-state index in [0.29, 0.717) is 11.4 Å². The molecule has 0 fully saturated rings. The summed E-state index contributed by atoms with van der Waals surface area (Å²) in [6.07, 6.45) is 0.490. The number of aliphatic hydroxyl groups is 1. The largest absolute Gasteiger partial charge is 0.390 e. The molecular weight excluding hydrogens is 240 g/mol. The Balaban J connectivity index is 2.92. The molecule has 4 nitrogen and oxygen atoms in total. The van der Waals surface area contributed by atoms with Gasteiger partial charge in [-0.15, -0.1) is 0 Å². The van der Waals surface area contributed by atoms with Gasteiger partial charge in [0.1, 0.15) is 0 Å². The van der Waals surface area contributed by atoms with E-state index in [2.05, 4.69) is 5.10 Å². The highest BCUT2D eigenvalue weighted by Crippen LogP contribution is 2.23. The van der Waals surface area contributed by atoms with Crippen molar-refractivity contribution in [1.82, 2.24) is 9.78 Å². The van der Waals surface area contributed by atoms with E-state index >= 15 is 0 Å². The van der Waals surface area contributed by atoms with Gasteiger partial charge < -0.3 is 9.84 Å². The van der Waals surface area contributed by atoms with Crippen LogP contribution in [0.3, 0.4) is 0 Å². The molecule has 0 bridgehead atoms. The third-order valence-corrected chi connectivity index (χ3v) is 3.45. The van der Waals surface area contributed by atoms with Crippen molar-refractivity contribution in [3.05, 3.63) is 16.4 Å². The summed E-state index contributed by atoms with van der Waals surface area (Å²) in [5, 5.41) is 15.1. The third-order valence-electron chi connectivity index (χ3n) is 3.01. The van der Waals surface area contributed by atoms with Crippen LogP contribution in [0, 0.1) is 0 Å². The monoisotopic (exact) mass is 260 g/mol. The molecule has 17 heavy (non-hydrogen) atoms. The van der Waals surface area contributed by atoms with Crippen molar-refractivity contribution < 1.29 is 9.84 Å². The van der Waals surface area contributed by atoms with Gasteiger partial charge in [0.25, 0.3) is 0 Å². The number of aromatic nitrogens is 2. The number of nitrogens with zero attached hydrogens (tertiary/aromatic N) is 2. The zero-order chi connectivity index (χ0) is 13.0. The zero-order valence-corrected chi connectivity index (χ0v) is 11.7. The Morgan fingerprint density at radius 1 is 1.47 bits per heavy atom. The molecule has 1 heterocycles. The van der Waals surface area contributed by atoms with Gasteiger partial charge in [0.2, 0.25) is 0 Å². The first-order valence-electron chi connectivity index (χ1n) is 5.99. The van der Waals surface area contributed by atoms with Gasteiger partial charge >= 0.3 is 0 Å². The number of methoxy groups -OCH3 is 1. The minimum Gasteiger partial charge on any atom is -0.390 e. The van der Waals surface area contributed by atoms with Crippen LogP contribution in [0.15, 0.2) is 0 Å². The lowest BCUT2D eigenvalue weighted by Crippen LogP contribution is -2.28. The van der Waals surface area contributed by atoms with Crippen molar-refractivity contribution >= 4 is 11.6 Å². The van der Waals surface area contributed by atoms with Crippen molar-refractivity contribution in [3.8, 4) is 0 Å². The SMILES string of the molecule is CCc1nn(CC)c(CC(O)C(C)OC)c1Cl. The quantitative estimate of drug-likeness (QED) is 0.852. The molecule has 1 N–H and O–H groups in total. The molecule has 0 radical (unpaired) electrons. The van der Waals surface area contributed by atoms with Crippen LogP contribution in [0.1, 0.15) is 32.2 Å². The number of ether oxygens (including phenoxy) is 1. The number of hydrogen-bond acceptors (Lipinski definition) is 3. The van der Waals surface area contributed by atoms with E-state index in [9.17, 15) is 5.11 Å². The molecule has 98 valence electrons. The van der Waals surface area contributed by atoms with E-state index in [4.69, 9.17) is 16.3 Å². The van der Waals surface area contributed by atoms with Gasteiger partial charge in [-0.2, -0.15) is 5.10 Å². The fourth-order valence-electron chi connectivity index (χ4n) is 1.73. The molecule has 0 saturated carbocycles. The Labute approximate surface area is 108 Å². The van der Waals surface area contributed by atoms with Gasteiger partial charge in [-0.1, -0.05) is 18.5 Å². The van der Waals surface area contributed by atoms with E-state index in [1.54, 1.807) is 7.11 Å². The Hall–Kier alpha value is -0.580. The molecule has 1 rings (SSSR count). The van der Waals surface area contributed by atoms with Crippen LogP contribution < -0.4 is 0 Å². The Morgan fingerprint density at radius 3 is 2.59 bits per heavy atom. The predicted octanol–water partition coefficient (Wildman–Crippen LogP) is 2.06. The van der Waals surface area contributed by atoms with Gasteiger partial charge in [0, 0.05) is 20.1 Å². The molecule has 0 aromatic carbocycles. The first kappa shape index (κ1) is 14.5. The topological polar surface area (TPSA) is 47.3 Å². The summed E-state index contributed by atoms with van der Waals surface area (Å²) in [6.45, 7) is 6.62. The van der Waals surface area contributed by atoms with Crippen molar-refractivity contribution in [1.29, 1.82) is 0 Å². The maximum Gasteiger partial charge on any atom is 0.0854 e.